The Kier molecular flexibility index (Phi) is 21.6. The van der Waals surface area contributed by atoms with Crippen LogP contribution in [0, 0.1) is 10.6 Å². The molecule has 11 aromatic heterocycles. The number of nitrogens with one attached hydrogen (secondary N) is 3. The molecular weight excluding hydrogens is 1400 g/mol. The van der Waals surface area contributed by atoms with Gasteiger partial charge in [0, 0.05) is 73.9 Å². The lowest BCUT2D eigenvalue weighted by molar-refractivity contribution is -0.192. The van der Waals surface area contributed by atoms with Gasteiger partial charge in [-0.1, -0.05) is 19.6 Å². The predicted molar refractivity (Wildman–Crippen MR) is 375 cm³/mol. The Labute approximate surface area is 579 Å². The van der Waals surface area contributed by atoms with Gasteiger partial charge in [0.05, 0.1) is 51.8 Å². The Balaban J connectivity index is 0.000000144. The summed E-state index contributed by atoms with van der Waals surface area (Å²) in [6.07, 6.45) is 18.2. The van der Waals surface area contributed by atoms with Gasteiger partial charge in [0.1, 0.15) is 68.4 Å². The molecule has 0 radical (unpaired) electrons. The molecule has 0 unspecified atom stereocenters. The molecule has 11 aromatic rings. The maximum atomic E-state index is 12.4. The highest BCUT2D eigenvalue weighted by Crippen LogP contribution is 2.37. The number of anilines is 3. The van der Waals surface area contributed by atoms with Gasteiger partial charge in [0.15, 0.2) is 22.6 Å². The zero-order valence-corrected chi connectivity index (χ0v) is 56.9. The number of amides is 2. The highest BCUT2D eigenvalue weighted by molar-refractivity contribution is 14.1. The van der Waals surface area contributed by atoms with Crippen LogP contribution < -0.4 is 22.5 Å². The van der Waals surface area contributed by atoms with E-state index >= 15 is 0 Å². The van der Waals surface area contributed by atoms with Crippen molar-refractivity contribution in [3.8, 4) is 22.5 Å². The molecule has 522 valence electrons. The summed E-state index contributed by atoms with van der Waals surface area (Å²) in [4.78, 5) is 86.2. The number of aryl methyl sites for hydroxylation is 1. The summed E-state index contributed by atoms with van der Waals surface area (Å²) in [6.45, 7) is 17.7. The molecule has 4 aliphatic rings. The van der Waals surface area contributed by atoms with Crippen molar-refractivity contribution in [1.29, 1.82) is 0 Å². The molecule has 0 atom stereocenters. The molecule has 3 fully saturated rings. The van der Waals surface area contributed by atoms with E-state index < -0.39 is 23.3 Å². The number of carboxylic acid groups (broad SMARTS) is 1. The quantitative estimate of drug-likeness (QED) is 0.0787. The normalized spacial score (nSPS) is 15.3. The van der Waals surface area contributed by atoms with Crippen molar-refractivity contribution >= 4 is 120 Å². The molecule has 3 aliphatic heterocycles. The summed E-state index contributed by atoms with van der Waals surface area (Å²) >= 11 is 2.15. The van der Waals surface area contributed by atoms with Gasteiger partial charge in [-0.05, 0) is 158 Å². The number of aromatic nitrogens is 18. The van der Waals surface area contributed by atoms with E-state index in [0.717, 1.165) is 117 Å². The Hall–Kier alpha value is -10.3. The number of pyridine rings is 3. The van der Waals surface area contributed by atoms with E-state index in [2.05, 4.69) is 124 Å². The first-order chi connectivity index (χ1) is 46.7. The average molecular weight is 1480 g/mol. The molecule has 0 saturated carbocycles. The minimum Gasteiger partial charge on any atom is -0.475 e. The molecular formula is C65H78F3IN24O6. The van der Waals surface area contributed by atoms with Gasteiger partial charge in [0.25, 0.3) is 0 Å². The highest BCUT2D eigenvalue weighted by atomic mass is 127. The number of piperidine rings is 3. The number of ether oxygens (including phenoxy) is 2. The first-order valence-electron chi connectivity index (χ1n) is 31.6. The smallest absolute Gasteiger partial charge is 0.475 e. The summed E-state index contributed by atoms with van der Waals surface area (Å²) < 4.78 is 49.3. The van der Waals surface area contributed by atoms with Gasteiger partial charge in [-0.25, -0.2) is 73.3 Å². The molecule has 14 heterocycles. The van der Waals surface area contributed by atoms with E-state index in [0.29, 0.717) is 72.0 Å². The number of nitrogens with two attached hydrogens (primary N) is 3. The van der Waals surface area contributed by atoms with Gasteiger partial charge < -0.3 is 56.9 Å². The number of H-pyrrole nitrogens is 2. The molecule has 99 heavy (non-hydrogen) atoms. The number of imidazole rings is 1. The predicted octanol–water partition coefficient (Wildman–Crippen LogP) is 10.6. The Morgan fingerprint density at radius 2 is 1.10 bits per heavy atom. The molecule has 0 spiro atoms. The fourth-order valence-electron chi connectivity index (χ4n) is 11.7. The molecule has 34 heteroatoms. The van der Waals surface area contributed by atoms with E-state index in [9.17, 15) is 22.8 Å². The Morgan fingerprint density at radius 1 is 0.616 bits per heavy atom. The average Bonchev–Trinajstić information content (AvgIpc) is 1.62. The van der Waals surface area contributed by atoms with Gasteiger partial charge in [-0.3, -0.25) is 4.98 Å². The fraction of sp³-hybridized carbons (Fsp3) is 0.415. The largest absolute Gasteiger partial charge is 0.490 e. The third-order valence-electron chi connectivity index (χ3n) is 16.3. The van der Waals surface area contributed by atoms with Crippen LogP contribution in [0.5, 0.6) is 0 Å². The highest BCUT2D eigenvalue weighted by Gasteiger charge is 2.38. The van der Waals surface area contributed by atoms with Crippen LogP contribution in [0.1, 0.15) is 122 Å². The maximum Gasteiger partial charge on any atom is 0.490 e. The number of alkyl halides is 3. The minimum absolute atomic E-state index is 0. The molecule has 0 aromatic carbocycles. The first kappa shape index (κ1) is 71.5. The number of nitrogens with zero attached hydrogens (tertiary/aromatic N) is 18. The molecule has 2 amide bonds. The molecule has 30 nitrogen and oxygen atoms in total. The first-order valence-corrected chi connectivity index (χ1v) is 32.7. The van der Waals surface area contributed by atoms with Crippen molar-refractivity contribution in [2.75, 3.05) is 56.5 Å². The molecule has 1 aliphatic carbocycles. The second-order valence-electron chi connectivity index (χ2n) is 25.7. The van der Waals surface area contributed by atoms with Gasteiger partial charge in [-0.2, -0.15) is 28.5 Å². The number of allylic oxidation sites excluding steroid dienone is 1. The lowest BCUT2D eigenvalue weighted by Gasteiger charge is -2.33. The number of fused-ring (bicyclic) bond motifs is 6. The van der Waals surface area contributed by atoms with Crippen molar-refractivity contribution in [2.24, 2.45) is 0 Å². The van der Waals surface area contributed by atoms with Crippen LogP contribution in [-0.4, -0.2) is 179 Å². The molecule has 0 bridgehead atoms. The van der Waals surface area contributed by atoms with Gasteiger partial charge in [0.2, 0.25) is 0 Å². The van der Waals surface area contributed by atoms with Gasteiger partial charge >= 0.3 is 24.3 Å². The third kappa shape index (κ3) is 16.7. The minimum atomic E-state index is -5.08. The third-order valence-corrected chi connectivity index (χ3v) is 17.1. The second kappa shape index (κ2) is 29.8. The number of halogens is 4. The molecule has 15 rings (SSSR count). The number of aromatic amines is 2. The van der Waals surface area contributed by atoms with Gasteiger partial charge in [-0.15, -0.1) is 0 Å². The molecule has 3 saturated heterocycles. The Bertz CT molecular complexity index is 4720. The van der Waals surface area contributed by atoms with Crippen molar-refractivity contribution in [3.05, 3.63) is 101 Å². The van der Waals surface area contributed by atoms with Crippen LogP contribution >= 0.6 is 22.6 Å². The van der Waals surface area contributed by atoms with Crippen molar-refractivity contribution < 1.29 is 42.1 Å². The summed E-state index contributed by atoms with van der Waals surface area (Å²) in [5, 5.41) is 28.2. The number of aliphatic carboxylic acids is 1. The summed E-state index contributed by atoms with van der Waals surface area (Å²) in [7, 11) is 0. The van der Waals surface area contributed by atoms with Crippen molar-refractivity contribution in [3.63, 3.8) is 0 Å². The summed E-state index contributed by atoms with van der Waals surface area (Å²) in [6, 6.07) is 8.75. The number of hydrogen-bond acceptors (Lipinski definition) is 22. The number of carbonyl (C=O) groups is 3. The lowest BCUT2D eigenvalue weighted by atomic mass is 10.1. The SMILES string of the molecule is C.CC(C)(C)OC(=O)N1CCC(n2nc(-c3cnc4nc[nH]c4c3)c3c(N)ncnc32)CC1.CC(C)(C)OC(=O)N1CCC(n2nc(I)c3c(N)ncnc32)CC1.Cc1cnc2c(c1)C=CC2.Nc1ncnc2c1c(-c1cnc3[nH]ccc3c1)nn2C1CCNCC1.O=C(O)C(F)(F)F. The zero-order chi connectivity index (χ0) is 69.8. The van der Waals surface area contributed by atoms with E-state index in [1.165, 1.54) is 35.8 Å². The zero-order valence-electron chi connectivity index (χ0n) is 54.8. The number of hydrogen-bond donors (Lipinski definition) is 7. The number of rotatable bonds is 5. The standard InChI is InChI=1S/C21H25N9O2.C17H18N8.C15H21IN6O2.C9H9N.C2HF3O2.CH4/c1-21(2,3)32-20(31)29-6-4-13(5-7-29)30-19-15(17(22)25-11-27-19)16(28-30)12-8-14-18(23-9-12)26-10-24-14;18-15-13-14(11-7-10-1-6-20-16(10)21-8-11)24-25(17(13)23-9-22-15)12-2-4-19-5-3-12;1-15(2,3)24-14(23)21-6-4-9(5-7-21)22-13-10(11(16)20-22)12(17)18-8-19-13;1-7-5-8-3-2-4-9(8)10-6-7;3-2(4,5)1(6)7;/h8-11,13H,4-7H2,1-3H3,(H2,22,25,27)(H,23,24,26);1,6-9,12,19H,2-5H2,(H,20,21)(H2,18,22,23);8-9H,4-7H2,1-3H3,(H2,17,18,19);2-3,5-6H,4H2,1H3;(H,6,7);1H4. The second-order valence-corrected chi connectivity index (χ2v) is 26.7. The van der Waals surface area contributed by atoms with Crippen LogP contribution in [-0.2, 0) is 20.7 Å². The maximum absolute atomic E-state index is 12.4. The fourth-order valence-corrected chi connectivity index (χ4v) is 12.4. The number of nitrogen functional groups attached to an aromatic ring is 3. The van der Waals surface area contributed by atoms with Crippen LogP contribution in [0.25, 0.3) is 83.9 Å². The molecule has 10 N–H and O–H groups in total. The lowest BCUT2D eigenvalue weighted by Crippen LogP contribution is -2.42. The van der Waals surface area contributed by atoms with Crippen LogP contribution in [0.4, 0.5) is 40.2 Å². The monoisotopic (exact) mass is 1470 g/mol. The van der Waals surface area contributed by atoms with Crippen LogP contribution in [0.15, 0.2) is 80.4 Å². The van der Waals surface area contributed by atoms with Crippen molar-refractivity contribution in [2.45, 2.75) is 136 Å². The summed E-state index contributed by atoms with van der Waals surface area (Å²) in [5.41, 5.74) is 28.8. The van der Waals surface area contributed by atoms with Crippen LogP contribution in [0.2, 0.25) is 0 Å². The Morgan fingerprint density at radius 3 is 1.63 bits per heavy atom. The van der Waals surface area contributed by atoms with Crippen molar-refractivity contribution in [1.82, 2.24) is 104 Å². The number of carboxylic acids is 1. The summed E-state index contributed by atoms with van der Waals surface area (Å²) in [5.74, 6) is -1.49. The van der Waals surface area contributed by atoms with Crippen LogP contribution in [0.3, 0.4) is 0 Å². The number of likely N-dealkylation sites (tertiary alicyclic amines) is 2. The van der Waals surface area contributed by atoms with E-state index in [1.54, 1.807) is 22.3 Å². The van der Waals surface area contributed by atoms with E-state index in [-0.39, 0.29) is 31.7 Å². The number of carbonyl (C=O) groups excluding carboxylic acids is 2. The topological polar surface area (TPSA) is 400 Å². The van der Waals surface area contributed by atoms with E-state index in [4.69, 9.17) is 46.8 Å². The van der Waals surface area contributed by atoms with E-state index in [1.807, 2.05) is 86.3 Å².